The van der Waals surface area contributed by atoms with Gasteiger partial charge in [0.05, 0.1) is 16.6 Å². The van der Waals surface area contributed by atoms with Crippen molar-refractivity contribution >= 4 is 22.6 Å². The van der Waals surface area contributed by atoms with Gasteiger partial charge in [-0.25, -0.2) is 9.59 Å². The van der Waals surface area contributed by atoms with E-state index in [0.717, 1.165) is 5.56 Å². The molecule has 0 saturated carbocycles. The number of anilines is 1. The van der Waals surface area contributed by atoms with Gasteiger partial charge in [0.25, 0.3) is 5.56 Å². The highest BCUT2D eigenvalue weighted by Crippen LogP contribution is 2.35. The van der Waals surface area contributed by atoms with Crippen LogP contribution in [-0.2, 0) is 13.5 Å². The van der Waals surface area contributed by atoms with Crippen LogP contribution in [0.4, 0.5) is 10.5 Å². The van der Waals surface area contributed by atoms with E-state index in [4.69, 9.17) is 0 Å². The summed E-state index contributed by atoms with van der Waals surface area (Å²) in [5.74, 6) is 0. The molecule has 0 aromatic carbocycles. The molecule has 3 aromatic rings. The van der Waals surface area contributed by atoms with E-state index in [2.05, 4.69) is 9.97 Å². The first-order valence-corrected chi connectivity index (χ1v) is 10.4. The van der Waals surface area contributed by atoms with E-state index in [9.17, 15) is 19.5 Å². The quantitative estimate of drug-likeness (QED) is 0.661. The Morgan fingerprint density at radius 2 is 1.84 bits per heavy atom. The summed E-state index contributed by atoms with van der Waals surface area (Å²) in [6.45, 7) is 5.44. The lowest BCUT2D eigenvalue weighted by Crippen LogP contribution is -2.51. The largest absolute Gasteiger partial charge is 0.368 e. The molecular formula is C22H26N6O4. The zero-order chi connectivity index (χ0) is 23.3. The summed E-state index contributed by atoms with van der Waals surface area (Å²) in [6, 6.07) is 2.43. The van der Waals surface area contributed by atoms with Gasteiger partial charge < -0.3 is 5.11 Å². The average Bonchev–Trinajstić information content (AvgIpc) is 2.76. The van der Waals surface area contributed by atoms with Crippen LogP contribution >= 0.6 is 0 Å². The normalized spacial score (nSPS) is 17.2. The van der Waals surface area contributed by atoms with Crippen LogP contribution in [0.3, 0.4) is 0 Å². The predicted octanol–water partition coefficient (Wildman–Crippen LogP) is 1.56. The molecule has 10 nitrogen and oxygen atoms in total. The number of aliphatic hydroxyl groups excluding tert-OH is 1. The molecule has 2 atom stereocenters. The Kier molecular flexibility index (Phi) is 5.33. The molecule has 0 radical (unpaired) electrons. The fourth-order valence-electron chi connectivity index (χ4n) is 4.25. The monoisotopic (exact) mass is 438 g/mol. The fraction of sp³-hybridized carbons (Fsp3) is 0.409. The van der Waals surface area contributed by atoms with Crippen molar-refractivity contribution in [2.45, 2.75) is 45.5 Å². The molecule has 1 N–H and O–H groups in total. The van der Waals surface area contributed by atoms with Gasteiger partial charge in [0.1, 0.15) is 5.69 Å². The third kappa shape index (κ3) is 3.27. The Bertz CT molecular complexity index is 1330. The van der Waals surface area contributed by atoms with Crippen molar-refractivity contribution in [3.05, 3.63) is 62.8 Å². The first-order valence-electron chi connectivity index (χ1n) is 10.4. The van der Waals surface area contributed by atoms with E-state index < -0.39 is 23.5 Å². The van der Waals surface area contributed by atoms with E-state index in [1.807, 2.05) is 13.8 Å². The number of rotatable bonds is 4. The first-order chi connectivity index (χ1) is 15.1. The maximum atomic E-state index is 13.0. The Morgan fingerprint density at radius 1 is 1.12 bits per heavy atom. The molecule has 3 aromatic heterocycles. The number of hydrogen-bond acceptors (Lipinski definition) is 6. The van der Waals surface area contributed by atoms with Gasteiger partial charge >= 0.3 is 11.7 Å². The summed E-state index contributed by atoms with van der Waals surface area (Å²) in [5.41, 5.74) is 1.35. The molecule has 0 fully saturated rings. The highest BCUT2D eigenvalue weighted by atomic mass is 16.3. The molecular weight excluding hydrogens is 412 g/mol. The van der Waals surface area contributed by atoms with Gasteiger partial charge in [-0.1, -0.05) is 0 Å². The summed E-state index contributed by atoms with van der Waals surface area (Å²) in [5, 5.41) is 11.0. The van der Waals surface area contributed by atoms with Crippen LogP contribution < -0.4 is 16.1 Å². The second-order valence-corrected chi connectivity index (χ2v) is 8.43. The zero-order valence-electron chi connectivity index (χ0n) is 18.7. The van der Waals surface area contributed by atoms with Gasteiger partial charge in [-0.15, -0.1) is 0 Å². The summed E-state index contributed by atoms with van der Waals surface area (Å²) in [6.07, 6.45) is 3.82. The lowest BCUT2D eigenvalue weighted by Gasteiger charge is -2.40. The lowest BCUT2D eigenvalue weighted by atomic mass is 10.0. The molecule has 4 rings (SSSR count). The summed E-state index contributed by atoms with van der Waals surface area (Å²) < 4.78 is 2.65. The Labute approximate surface area is 184 Å². The van der Waals surface area contributed by atoms with Crippen molar-refractivity contribution in [3.63, 3.8) is 0 Å². The Hall–Kier alpha value is -3.53. The minimum Gasteiger partial charge on any atom is -0.368 e. The van der Waals surface area contributed by atoms with Crippen LogP contribution in [-0.4, -0.2) is 48.2 Å². The van der Waals surface area contributed by atoms with Gasteiger partial charge in [0, 0.05) is 44.8 Å². The Morgan fingerprint density at radius 3 is 2.53 bits per heavy atom. The molecule has 0 bridgehead atoms. The number of nitrogens with zero attached hydrogens (tertiary/aromatic N) is 6. The van der Waals surface area contributed by atoms with Gasteiger partial charge in [-0.2, -0.15) is 0 Å². The van der Waals surface area contributed by atoms with E-state index in [1.54, 1.807) is 45.5 Å². The van der Waals surface area contributed by atoms with Crippen LogP contribution in [0, 0.1) is 0 Å². The van der Waals surface area contributed by atoms with Crippen LogP contribution in [0.1, 0.15) is 44.3 Å². The van der Waals surface area contributed by atoms with E-state index in [-0.39, 0.29) is 12.1 Å². The zero-order valence-corrected chi connectivity index (χ0v) is 18.7. The number of carbonyl (C=O) groups is 1. The molecule has 0 spiro atoms. The molecule has 4 heterocycles. The average molecular weight is 438 g/mol. The number of fused-ring (bicyclic) bond motifs is 2. The number of hydrogen-bond donors (Lipinski definition) is 1. The first kappa shape index (κ1) is 21.7. The Balaban J connectivity index is 1.72. The van der Waals surface area contributed by atoms with Crippen molar-refractivity contribution in [2.75, 3.05) is 11.9 Å². The number of pyridine rings is 2. The van der Waals surface area contributed by atoms with Crippen LogP contribution in [0.25, 0.3) is 10.9 Å². The molecule has 2 amide bonds. The number of carbonyl (C=O) groups excluding carboxylic acids is 1. The third-order valence-electron chi connectivity index (χ3n) is 5.96. The van der Waals surface area contributed by atoms with E-state index >= 15 is 0 Å². The molecule has 1 aliphatic heterocycles. The van der Waals surface area contributed by atoms with Gasteiger partial charge in [0.15, 0.2) is 6.23 Å². The number of urea groups is 1. The van der Waals surface area contributed by atoms with Gasteiger partial charge in [-0.3, -0.25) is 33.7 Å². The standard InChI is InChI=1S/C22H26N6O4/c1-12(2)27-20(30)18-17(26(5)21(27)31)9-14(10-24-18)8-13(3)28-19(29)15-11-23-7-6-16(15)25(4)22(28)32/h6-7,9-13,20,30H,8H2,1-5H3. The van der Waals surface area contributed by atoms with Crippen molar-refractivity contribution in [1.29, 1.82) is 0 Å². The van der Waals surface area contributed by atoms with Crippen molar-refractivity contribution in [3.8, 4) is 0 Å². The minimum absolute atomic E-state index is 0.194. The minimum atomic E-state index is -1.14. The smallest absolute Gasteiger partial charge is 0.331 e. The second kappa shape index (κ2) is 7.86. The third-order valence-corrected chi connectivity index (χ3v) is 5.96. The molecule has 1 aliphatic rings. The van der Waals surface area contributed by atoms with Crippen LogP contribution in [0.15, 0.2) is 40.3 Å². The molecule has 2 unspecified atom stereocenters. The predicted molar refractivity (Wildman–Crippen MR) is 120 cm³/mol. The van der Waals surface area contributed by atoms with Crippen molar-refractivity contribution < 1.29 is 9.90 Å². The maximum absolute atomic E-state index is 13.0. The number of amides is 2. The van der Waals surface area contributed by atoms with Crippen molar-refractivity contribution in [1.82, 2.24) is 24.0 Å². The van der Waals surface area contributed by atoms with Gasteiger partial charge in [-0.05, 0) is 44.9 Å². The molecule has 0 saturated heterocycles. The summed E-state index contributed by atoms with van der Waals surface area (Å²) >= 11 is 0. The molecule has 32 heavy (non-hydrogen) atoms. The number of aliphatic hydroxyl groups is 1. The van der Waals surface area contributed by atoms with Gasteiger partial charge in [0.2, 0.25) is 0 Å². The highest BCUT2D eigenvalue weighted by molar-refractivity contribution is 5.94. The maximum Gasteiger partial charge on any atom is 0.331 e. The number of aryl methyl sites for hydroxylation is 1. The summed E-state index contributed by atoms with van der Waals surface area (Å²) in [7, 11) is 3.25. The van der Waals surface area contributed by atoms with Crippen LogP contribution in [0.5, 0.6) is 0 Å². The highest BCUT2D eigenvalue weighted by Gasteiger charge is 2.37. The molecule has 168 valence electrons. The fourth-order valence-corrected chi connectivity index (χ4v) is 4.25. The molecule has 10 heteroatoms. The second-order valence-electron chi connectivity index (χ2n) is 8.43. The van der Waals surface area contributed by atoms with Crippen LogP contribution in [0.2, 0.25) is 0 Å². The van der Waals surface area contributed by atoms with E-state index in [1.165, 1.54) is 25.1 Å². The SMILES string of the molecule is CC(C)N1C(=O)N(C)c2cc(CC(C)n3c(=O)c4cnccc4n(C)c3=O)cnc2C1O. The summed E-state index contributed by atoms with van der Waals surface area (Å²) in [4.78, 5) is 49.9. The van der Waals surface area contributed by atoms with Crippen molar-refractivity contribution in [2.24, 2.45) is 7.05 Å². The molecule has 0 aliphatic carbocycles. The number of aromatic nitrogens is 4. The van der Waals surface area contributed by atoms with E-state index in [0.29, 0.717) is 28.7 Å². The lowest BCUT2D eigenvalue weighted by molar-refractivity contribution is 0.00737. The topological polar surface area (TPSA) is 114 Å².